The first-order valence-corrected chi connectivity index (χ1v) is 11.2. The number of halogens is 1. The molecule has 162 valence electrons. The number of nitrogens with zero attached hydrogens (tertiary/aromatic N) is 2. The largest absolute Gasteiger partial charge is 0.483 e. The van der Waals surface area contributed by atoms with Crippen LogP contribution in [0.1, 0.15) is 5.56 Å². The van der Waals surface area contributed by atoms with E-state index in [0.29, 0.717) is 11.4 Å². The molecule has 2 aromatic carbocycles. The van der Waals surface area contributed by atoms with Gasteiger partial charge in [0, 0.05) is 16.2 Å². The van der Waals surface area contributed by atoms with Crippen LogP contribution in [0.25, 0.3) is 0 Å². The normalized spacial score (nSPS) is 10.9. The summed E-state index contributed by atoms with van der Waals surface area (Å²) in [5.74, 6) is 0.535. The summed E-state index contributed by atoms with van der Waals surface area (Å²) in [6, 6.07) is 12.6. The van der Waals surface area contributed by atoms with E-state index in [4.69, 9.17) is 9.47 Å². The summed E-state index contributed by atoms with van der Waals surface area (Å²) in [7, 11) is -2.46. The number of carbonyl (C=O) groups is 1. The lowest BCUT2D eigenvalue weighted by atomic mass is 10.2. The molecule has 31 heavy (non-hydrogen) atoms. The Hall–Kier alpha value is -3.18. The zero-order valence-corrected chi connectivity index (χ0v) is 19.0. The smallest absolute Gasteiger partial charge is 0.263 e. The van der Waals surface area contributed by atoms with Crippen molar-refractivity contribution >= 4 is 43.4 Å². The zero-order valence-electron chi connectivity index (χ0n) is 16.6. The molecule has 0 saturated heterocycles. The Balaban J connectivity index is 1.60. The summed E-state index contributed by atoms with van der Waals surface area (Å²) in [4.78, 5) is 19.8. The molecule has 1 aromatic heterocycles. The van der Waals surface area contributed by atoms with Gasteiger partial charge in [0.15, 0.2) is 6.61 Å². The van der Waals surface area contributed by atoms with Crippen molar-refractivity contribution in [1.82, 2.24) is 9.97 Å². The third kappa shape index (κ3) is 6.15. The highest BCUT2D eigenvalue weighted by Crippen LogP contribution is 2.22. The van der Waals surface area contributed by atoms with E-state index in [-0.39, 0.29) is 29.1 Å². The minimum atomic E-state index is -3.88. The van der Waals surface area contributed by atoms with Crippen molar-refractivity contribution in [3.8, 4) is 11.6 Å². The maximum Gasteiger partial charge on any atom is 0.263 e. The average Bonchev–Trinajstić information content (AvgIpc) is 2.73. The molecule has 0 atom stereocenters. The molecule has 0 saturated carbocycles. The molecule has 0 fully saturated rings. The number of carbonyl (C=O) groups excluding carboxylic acids is 1. The highest BCUT2D eigenvalue weighted by molar-refractivity contribution is 9.10. The van der Waals surface area contributed by atoms with Crippen molar-refractivity contribution in [1.29, 1.82) is 0 Å². The average molecular weight is 507 g/mol. The van der Waals surface area contributed by atoms with Crippen molar-refractivity contribution in [3.05, 3.63) is 64.9 Å². The standard InChI is InChI=1S/C20H19BrN4O5S/c1-13-9-14(21)3-8-17(13)30-11-19(26)24-15-4-6-16(7-5-15)31(27,28)25-18-10-20(29-2)23-12-22-18/h3-10,12H,11H2,1-2H3,(H,24,26)(H,22,23,25). The number of amides is 1. The van der Waals surface area contributed by atoms with Crippen LogP contribution in [0.3, 0.4) is 0 Å². The van der Waals surface area contributed by atoms with Gasteiger partial charge in [0.2, 0.25) is 5.88 Å². The van der Waals surface area contributed by atoms with E-state index >= 15 is 0 Å². The van der Waals surface area contributed by atoms with Gasteiger partial charge >= 0.3 is 0 Å². The van der Waals surface area contributed by atoms with Gasteiger partial charge in [0.05, 0.1) is 12.0 Å². The summed E-state index contributed by atoms with van der Waals surface area (Å²) in [6.45, 7) is 1.70. The summed E-state index contributed by atoms with van der Waals surface area (Å²) in [5, 5.41) is 2.66. The molecule has 0 radical (unpaired) electrons. The summed E-state index contributed by atoms with van der Waals surface area (Å²) >= 11 is 3.37. The fourth-order valence-electron chi connectivity index (χ4n) is 2.54. The number of aromatic nitrogens is 2. The van der Waals surface area contributed by atoms with Gasteiger partial charge in [0.1, 0.15) is 17.9 Å². The zero-order chi connectivity index (χ0) is 22.4. The molecule has 0 aliphatic carbocycles. The second-order valence-electron chi connectivity index (χ2n) is 6.32. The molecule has 11 heteroatoms. The van der Waals surface area contributed by atoms with E-state index in [9.17, 15) is 13.2 Å². The van der Waals surface area contributed by atoms with Crippen molar-refractivity contribution in [2.45, 2.75) is 11.8 Å². The number of hydrogen-bond acceptors (Lipinski definition) is 7. The fourth-order valence-corrected chi connectivity index (χ4v) is 4.01. The third-order valence-corrected chi connectivity index (χ3v) is 5.90. The Labute approximate surface area is 188 Å². The van der Waals surface area contributed by atoms with Crippen LogP contribution in [0.2, 0.25) is 0 Å². The highest BCUT2D eigenvalue weighted by Gasteiger charge is 2.16. The lowest BCUT2D eigenvalue weighted by Gasteiger charge is -2.11. The Morgan fingerprint density at radius 1 is 1.10 bits per heavy atom. The van der Waals surface area contributed by atoms with E-state index in [1.165, 1.54) is 43.8 Å². The van der Waals surface area contributed by atoms with Crippen LogP contribution in [-0.4, -0.2) is 38.0 Å². The SMILES string of the molecule is COc1cc(NS(=O)(=O)c2ccc(NC(=O)COc3ccc(Br)cc3C)cc2)ncn1. The predicted molar refractivity (Wildman–Crippen MR) is 119 cm³/mol. The second kappa shape index (κ2) is 9.75. The number of anilines is 2. The van der Waals surface area contributed by atoms with Crippen LogP contribution in [0, 0.1) is 6.92 Å². The number of sulfonamides is 1. The van der Waals surface area contributed by atoms with Crippen LogP contribution < -0.4 is 19.5 Å². The maximum atomic E-state index is 12.5. The lowest BCUT2D eigenvalue weighted by molar-refractivity contribution is -0.118. The van der Waals surface area contributed by atoms with E-state index in [2.05, 4.69) is 35.9 Å². The van der Waals surface area contributed by atoms with Crippen molar-refractivity contribution in [2.24, 2.45) is 0 Å². The van der Waals surface area contributed by atoms with E-state index in [1.807, 2.05) is 19.1 Å². The third-order valence-electron chi connectivity index (χ3n) is 4.03. The molecule has 1 amide bonds. The molecule has 3 aromatic rings. The Bertz CT molecular complexity index is 1190. The first-order chi connectivity index (χ1) is 14.8. The minimum absolute atomic E-state index is 0.00446. The molecule has 0 bridgehead atoms. The molecule has 9 nitrogen and oxygen atoms in total. The number of methoxy groups -OCH3 is 1. The Kier molecular flexibility index (Phi) is 7.08. The predicted octanol–water partition coefficient (Wildman–Crippen LogP) is 3.37. The summed E-state index contributed by atoms with van der Waals surface area (Å²) in [5.41, 5.74) is 1.33. The summed E-state index contributed by atoms with van der Waals surface area (Å²) < 4.78 is 38.8. The van der Waals surface area contributed by atoms with E-state index < -0.39 is 10.0 Å². The maximum absolute atomic E-state index is 12.5. The van der Waals surface area contributed by atoms with Crippen LogP contribution in [-0.2, 0) is 14.8 Å². The van der Waals surface area contributed by atoms with Gasteiger partial charge in [0.25, 0.3) is 15.9 Å². The summed E-state index contributed by atoms with van der Waals surface area (Å²) in [6.07, 6.45) is 1.19. The fraction of sp³-hybridized carbons (Fsp3) is 0.150. The number of benzene rings is 2. The number of nitrogens with one attached hydrogen (secondary N) is 2. The first-order valence-electron chi connectivity index (χ1n) is 8.94. The van der Waals surface area contributed by atoms with Crippen LogP contribution in [0.5, 0.6) is 11.6 Å². The van der Waals surface area contributed by atoms with Crippen LogP contribution in [0.4, 0.5) is 11.5 Å². The number of rotatable bonds is 8. The second-order valence-corrected chi connectivity index (χ2v) is 8.92. The molecule has 1 heterocycles. The molecular weight excluding hydrogens is 488 g/mol. The van der Waals surface area contributed by atoms with E-state index in [1.54, 1.807) is 6.07 Å². The molecule has 0 spiro atoms. The van der Waals surface area contributed by atoms with Gasteiger partial charge in [-0.25, -0.2) is 18.4 Å². The molecule has 3 rings (SSSR count). The van der Waals surface area contributed by atoms with Gasteiger partial charge in [-0.15, -0.1) is 0 Å². The van der Waals surface area contributed by atoms with Crippen molar-refractivity contribution in [3.63, 3.8) is 0 Å². The van der Waals surface area contributed by atoms with E-state index in [0.717, 1.165) is 10.0 Å². The molecule has 0 aliphatic heterocycles. The topological polar surface area (TPSA) is 120 Å². The minimum Gasteiger partial charge on any atom is -0.483 e. The Morgan fingerprint density at radius 2 is 1.84 bits per heavy atom. The molecule has 0 unspecified atom stereocenters. The molecular formula is C20H19BrN4O5S. The van der Waals surface area contributed by atoms with Crippen LogP contribution >= 0.6 is 15.9 Å². The van der Waals surface area contributed by atoms with Gasteiger partial charge < -0.3 is 14.8 Å². The number of aryl methyl sites for hydroxylation is 1. The number of ether oxygens (including phenoxy) is 2. The molecule has 2 N–H and O–H groups in total. The first kappa shape index (κ1) is 22.5. The monoisotopic (exact) mass is 506 g/mol. The molecule has 0 aliphatic rings. The van der Waals surface area contributed by atoms with Gasteiger partial charge in [-0.3, -0.25) is 9.52 Å². The van der Waals surface area contributed by atoms with Crippen LogP contribution in [0.15, 0.2) is 64.2 Å². The lowest BCUT2D eigenvalue weighted by Crippen LogP contribution is -2.20. The van der Waals surface area contributed by atoms with Gasteiger partial charge in [-0.05, 0) is 55.0 Å². The van der Waals surface area contributed by atoms with Gasteiger partial charge in [-0.2, -0.15) is 0 Å². The van der Waals surface area contributed by atoms with Crippen molar-refractivity contribution in [2.75, 3.05) is 23.8 Å². The highest BCUT2D eigenvalue weighted by atomic mass is 79.9. The quantitative estimate of drug-likeness (QED) is 0.480. The Morgan fingerprint density at radius 3 is 2.52 bits per heavy atom. The van der Waals surface area contributed by atoms with Gasteiger partial charge in [-0.1, -0.05) is 15.9 Å². The number of hydrogen-bond donors (Lipinski definition) is 2. The van der Waals surface area contributed by atoms with Crippen molar-refractivity contribution < 1.29 is 22.7 Å².